The van der Waals surface area contributed by atoms with Crippen molar-refractivity contribution in [1.29, 1.82) is 0 Å². The number of nitrogens with one attached hydrogen (secondary N) is 1. The van der Waals surface area contributed by atoms with E-state index < -0.39 is 0 Å². The van der Waals surface area contributed by atoms with Gasteiger partial charge in [0.1, 0.15) is 0 Å². The fraction of sp³-hybridized carbons (Fsp3) is 0.526. The van der Waals surface area contributed by atoms with Crippen molar-refractivity contribution in [2.75, 3.05) is 13.7 Å². The van der Waals surface area contributed by atoms with E-state index in [0.29, 0.717) is 24.7 Å². The number of hydrogen-bond acceptors (Lipinski definition) is 3. The first-order valence-corrected chi connectivity index (χ1v) is 8.40. The highest BCUT2D eigenvalue weighted by Gasteiger charge is 2.17. The van der Waals surface area contributed by atoms with E-state index in [2.05, 4.69) is 24.4 Å². The monoisotopic (exact) mass is 317 g/mol. The van der Waals surface area contributed by atoms with E-state index in [1.807, 2.05) is 25.1 Å². The van der Waals surface area contributed by atoms with E-state index in [1.54, 1.807) is 7.11 Å². The van der Waals surface area contributed by atoms with E-state index in [-0.39, 0.29) is 11.9 Å². The molecule has 0 radical (unpaired) electrons. The van der Waals surface area contributed by atoms with Gasteiger partial charge in [-0.2, -0.15) is 0 Å². The summed E-state index contributed by atoms with van der Waals surface area (Å²) >= 11 is 0. The molecule has 1 aliphatic carbocycles. The SMILES string of the molecule is CCCOc1ccc(C(C)NC(=O)CC2C=CCC2)cc1OC. The maximum absolute atomic E-state index is 12.1. The average Bonchev–Trinajstić information content (AvgIpc) is 3.05. The van der Waals surface area contributed by atoms with Crippen LogP contribution in [0.2, 0.25) is 0 Å². The van der Waals surface area contributed by atoms with Crippen LogP contribution in [0.15, 0.2) is 30.4 Å². The highest BCUT2D eigenvalue weighted by molar-refractivity contribution is 5.77. The molecule has 0 fully saturated rings. The number of methoxy groups -OCH3 is 1. The number of allylic oxidation sites excluding steroid dienone is 2. The molecule has 0 bridgehead atoms. The van der Waals surface area contributed by atoms with Gasteiger partial charge in [-0.1, -0.05) is 25.1 Å². The zero-order valence-corrected chi connectivity index (χ0v) is 14.3. The molecular weight excluding hydrogens is 290 g/mol. The van der Waals surface area contributed by atoms with Crippen LogP contribution in [0, 0.1) is 5.92 Å². The molecule has 1 aliphatic rings. The van der Waals surface area contributed by atoms with E-state index in [0.717, 1.165) is 30.6 Å². The van der Waals surface area contributed by atoms with E-state index in [1.165, 1.54) is 0 Å². The predicted molar refractivity (Wildman–Crippen MR) is 91.8 cm³/mol. The van der Waals surface area contributed by atoms with Gasteiger partial charge < -0.3 is 14.8 Å². The molecule has 0 heterocycles. The van der Waals surface area contributed by atoms with Gasteiger partial charge >= 0.3 is 0 Å². The van der Waals surface area contributed by atoms with Gasteiger partial charge in [0, 0.05) is 6.42 Å². The summed E-state index contributed by atoms with van der Waals surface area (Å²) in [5.74, 6) is 1.93. The summed E-state index contributed by atoms with van der Waals surface area (Å²) in [6.07, 6.45) is 7.99. The first-order valence-electron chi connectivity index (χ1n) is 8.40. The van der Waals surface area contributed by atoms with Gasteiger partial charge in [-0.3, -0.25) is 4.79 Å². The molecule has 2 atom stereocenters. The Labute approximate surface area is 138 Å². The van der Waals surface area contributed by atoms with Crippen LogP contribution in [0.4, 0.5) is 0 Å². The number of ether oxygens (including phenoxy) is 2. The van der Waals surface area contributed by atoms with Gasteiger partial charge in [-0.15, -0.1) is 0 Å². The van der Waals surface area contributed by atoms with Crippen molar-refractivity contribution in [3.8, 4) is 11.5 Å². The highest BCUT2D eigenvalue weighted by atomic mass is 16.5. The summed E-state index contributed by atoms with van der Waals surface area (Å²) < 4.78 is 11.1. The third-order valence-corrected chi connectivity index (χ3v) is 4.09. The lowest BCUT2D eigenvalue weighted by Gasteiger charge is -2.18. The normalized spacial score (nSPS) is 17.8. The van der Waals surface area contributed by atoms with Crippen LogP contribution >= 0.6 is 0 Å². The molecule has 1 aromatic carbocycles. The number of carbonyl (C=O) groups is 1. The number of benzene rings is 1. The molecule has 0 saturated carbocycles. The Bertz CT molecular complexity index is 554. The smallest absolute Gasteiger partial charge is 0.221 e. The second kappa shape index (κ2) is 8.61. The quantitative estimate of drug-likeness (QED) is 0.737. The van der Waals surface area contributed by atoms with Crippen molar-refractivity contribution >= 4 is 5.91 Å². The van der Waals surface area contributed by atoms with Crippen LogP contribution in [0.3, 0.4) is 0 Å². The summed E-state index contributed by atoms with van der Waals surface area (Å²) in [6, 6.07) is 5.77. The topological polar surface area (TPSA) is 47.6 Å². The molecule has 1 N–H and O–H groups in total. The third-order valence-electron chi connectivity index (χ3n) is 4.09. The molecule has 2 unspecified atom stereocenters. The zero-order chi connectivity index (χ0) is 16.7. The van der Waals surface area contributed by atoms with Gasteiger partial charge in [-0.25, -0.2) is 0 Å². The van der Waals surface area contributed by atoms with E-state index >= 15 is 0 Å². The number of hydrogen-bond donors (Lipinski definition) is 1. The van der Waals surface area contributed by atoms with E-state index in [9.17, 15) is 4.79 Å². The van der Waals surface area contributed by atoms with Crippen LogP contribution in [0.25, 0.3) is 0 Å². The molecule has 23 heavy (non-hydrogen) atoms. The van der Waals surface area contributed by atoms with Gasteiger partial charge in [0.05, 0.1) is 19.8 Å². The highest BCUT2D eigenvalue weighted by Crippen LogP contribution is 2.30. The first-order chi connectivity index (χ1) is 11.1. The Morgan fingerprint density at radius 1 is 1.39 bits per heavy atom. The Kier molecular flexibility index (Phi) is 6.51. The maximum atomic E-state index is 12.1. The fourth-order valence-corrected chi connectivity index (χ4v) is 2.77. The number of carbonyl (C=O) groups excluding carboxylic acids is 1. The molecule has 4 nitrogen and oxygen atoms in total. The third kappa shape index (κ3) is 5.02. The van der Waals surface area contributed by atoms with Crippen LogP contribution in [-0.2, 0) is 4.79 Å². The van der Waals surface area contributed by atoms with E-state index in [4.69, 9.17) is 9.47 Å². The first kappa shape index (κ1) is 17.4. The van der Waals surface area contributed by atoms with Gasteiger partial charge in [-0.05, 0) is 49.8 Å². The summed E-state index contributed by atoms with van der Waals surface area (Å²) in [4.78, 5) is 12.1. The van der Waals surface area contributed by atoms with Gasteiger partial charge in [0.25, 0.3) is 0 Å². The van der Waals surface area contributed by atoms with Crippen molar-refractivity contribution in [3.63, 3.8) is 0 Å². The van der Waals surface area contributed by atoms with Gasteiger partial charge in [0.2, 0.25) is 5.91 Å². The largest absolute Gasteiger partial charge is 0.493 e. The van der Waals surface area contributed by atoms with Crippen LogP contribution in [0.5, 0.6) is 11.5 Å². The molecule has 0 spiro atoms. The zero-order valence-electron chi connectivity index (χ0n) is 14.3. The minimum atomic E-state index is -0.0537. The second-order valence-electron chi connectivity index (χ2n) is 6.02. The lowest BCUT2D eigenvalue weighted by Crippen LogP contribution is -2.27. The molecule has 4 heteroatoms. The Morgan fingerprint density at radius 3 is 2.87 bits per heavy atom. The lowest BCUT2D eigenvalue weighted by molar-refractivity contribution is -0.122. The predicted octanol–water partition coefficient (Wildman–Crippen LogP) is 4.02. The Hall–Kier alpha value is -1.97. The molecule has 2 rings (SSSR count). The summed E-state index contributed by atoms with van der Waals surface area (Å²) in [5.41, 5.74) is 1.01. The lowest BCUT2D eigenvalue weighted by atomic mass is 10.0. The Morgan fingerprint density at radius 2 is 2.22 bits per heavy atom. The maximum Gasteiger partial charge on any atom is 0.221 e. The molecule has 126 valence electrons. The molecule has 1 amide bonds. The number of rotatable bonds is 8. The van der Waals surface area contributed by atoms with Crippen molar-refractivity contribution < 1.29 is 14.3 Å². The number of amides is 1. The summed E-state index contributed by atoms with van der Waals surface area (Å²) in [5, 5.41) is 3.07. The average molecular weight is 317 g/mol. The van der Waals surface area contributed by atoms with Crippen LogP contribution < -0.4 is 14.8 Å². The minimum Gasteiger partial charge on any atom is -0.493 e. The van der Waals surface area contributed by atoms with Crippen LogP contribution in [-0.4, -0.2) is 19.6 Å². The molecule has 0 saturated heterocycles. The van der Waals surface area contributed by atoms with Crippen molar-refractivity contribution in [3.05, 3.63) is 35.9 Å². The molecule has 0 aromatic heterocycles. The standard InChI is InChI=1S/C19H27NO3/c1-4-11-23-17-10-9-16(13-18(17)22-3)14(2)20-19(21)12-15-7-5-6-8-15/h5,7,9-10,13-15H,4,6,8,11-12H2,1-3H3,(H,20,21). The molecule has 1 aromatic rings. The summed E-state index contributed by atoms with van der Waals surface area (Å²) in [6.45, 7) is 4.72. The summed E-state index contributed by atoms with van der Waals surface area (Å²) in [7, 11) is 1.63. The van der Waals surface area contributed by atoms with Crippen molar-refractivity contribution in [2.45, 2.75) is 45.6 Å². The fourth-order valence-electron chi connectivity index (χ4n) is 2.77. The van der Waals surface area contributed by atoms with Crippen molar-refractivity contribution in [2.24, 2.45) is 5.92 Å². The molecular formula is C19H27NO3. The van der Waals surface area contributed by atoms with Crippen molar-refractivity contribution in [1.82, 2.24) is 5.32 Å². The van der Waals surface area contributed by atoms with Gasteiger partial charge in [0.15, 0.2) is 11.5 Å². The Balaban J connectivity index is 1.96. The minimum absolute atomic E-state index is 0.0537. The van der Waals surface area contributed by atoms with Crippen LogP contribution in [0.1, 0.15) is 51.1 Å². The second-order valence-corrected chi connectivity index (χ2v) is 6.02. The molecule has 0 aliphatic heterocycles.